The number of ether oxygens (including phenoxy) is 1. The maximum Gasteiger partial charge on any atom is 0.243 e. The minimum Gasteiger partial charge on any atom is -0.373 e. The molecule has 5 heteroatoms. The Morgan fingerprint density at radius 3 is 2.76 bits per heavy atom. The Labute approximate surface area is 126 Å². The Kier molecular flexibility index (Phi) is 4.60. The van der Waals surface area contributed by atoms with Crippen LogP contribution in [0.4, 0.5) is 0 Å². The van der Waals surface area contributed by atoms with Crippen LogP contribution in [0.1, 0.15) is 76.2 Å². The third kappa shape index (κ3) is 3.14. The summed E-state index contributed by atoms with van der Waals surface area (Å²) in [5, 5.41) is 7.87. The molecule has 0 aromatic carbocycles. The third-order valence-electron chi connectivity index (χ3n) is 5.02. The van der Waals surface area contributed by atoms with Crippen LogP contribution >= 0.6 is 0 Å². The molecule has 2 fully saturated rings. The topological polar surface area (TPSA) is 60.2 Å². The first-order valence-corrected chi connectivity index (χ1v) is 8.31. The molecule has 4 unspecified atom stereocenters. The summed E-state index contributed by atoms with van der Waals surface area (Å²) < 4.78 is 11.0. The van der Waals surface area contributed by atoms with Gasteiger partial charge in [-0.25, -0.2) is 0 Å². The van der Waals surface area contributed by atoms with Crippen molar-refractivity contribution < 1.29 is 9.26 Å². The van der Waals surface area contributed by atoms with Gasteiger partial charge in [-0.05, 0) is 37.5 Å². The van der Waals surface area contributed by atoms with Gasteiger partial charge in [0.15, 0.2) is 0 Å². The second kappa shape index (κ2) is 6.44. The lowest BCUT2D eigenvalue weighted by atomic mass is 9.78. The summed E-state index contributed by atoms with van der Waals surface area (Å²) in [7, 11) is 1.70. The largest absolute Gasteiger partial charge is 0.373 e. The highest BCUT2D eigenvalue weighted by atomic mass is 16.5. The van der Waals surface area contributed by atoms with Gasteiger partial charge < -0.3 is 14.6 Å². The van der Waals surface area contributed by atoms with Crippen molar-refractivity contribution in [2.45, 2.75) is 70.6 Å². The van der Waals surface area contributed by atoms with Gasteiger partial charge in [-0.2, -0.15) is 4.98 Å². The van der Waals surface area contributed by atoms with Crippen molar-refractivity contribution in [1.29, 1.82) is 0 Å². The van der Waals surface area contributed by atoms with Crippen LogP contribution in [0, 0.1) is 11.8 Å². The number of methoxy groups -OCH3 is 1. The van der Waals surface area contributed by atoms with Gasteiger partial charge in [0.2, 0.25) is 11.7 Å². The summed E-state index contributed by atoms with van der Waals surface area (Å²) in [6, 6.07) is 0.853. The van der Waals surface area contributed by atoms with Gasteiger partial charge in [0, 0.05) is 13.2 Å². The summed E-state index contributed by atoms with van der Waals surface area (Å²) in [6.45, 7) is 4.21. The average molecular weight is 293 g/mol. The fourth-order valence-corrected chi connectivity index (χ4v) is 3.87. The molecule has 0 radical (unpaired) electrons. The third-order valence-corrected chi connectivity index (χ3v) is 5.02. The number of hydrogen-bond acceptors (Lipinski definition) is 5. The van der Waals surface area contributed by atoms with Gasteiger partial charge in [-0.3, -0.25) is 0 Å². The van der Waals surface area contributed by atoms with E-state index in [4.69, 9.17) is 9.26 Å². The van der Waals surface area contributed by atoms with E-state index in [1.165, 1.54) is 32.1 Å². The molecule has 0 spiro atoms. The SMILES string of the molecule is COC(c1noc(C2CCC3CCCCC3N2)n1)C(C)C. The normalized spacial score (nSPS) is 31.1. The first-order chi connectivity index (χ1) is 10.2. The fraction of sp³-hybridized carbons (Fsp3) is 0.875. The summed E-state index contributed by atoms with van der Waals surface area (Å²) >= 11 is 0. The van der Waals surface area contributed by atoms with Crippen LogP contribution in [-0.4, -0.2) is 23.3 Å². The Morgan fingerprint density at radius 2 is 2.00 bits per heavy atom. The number of hydrogen-bond donors (Lipinski definition) is 1. The number of nitrogens with zero attached hydrogens (tertiary/aromatic N) is 2. The second-order valence-corrected chi connectivity index (χ2v) is 6.84. The fourth-order valence-electron chi connectivity index (χ4n) is 3.87. The maximum atomic E-state index is 5.51. The average Bonchev–Trinajstić information content (AvgIpc) is 2.96. The van der Waals surface area contributed by atoms with Crippen LogP contribution in [0.2, 0.25) is 0 Å². The van der Waals surface area contributed by atoms with Crippen molar-refractivity contribution in [2.75, 3.05) is 7.11 Å². The van der Waals surface area contributed by atoms with Gasteiger partial charge in [0.25, 0.3) is 0 Å². The molecule has 2 aliphatic rings. The highest BCUT2D eigenvalue weighted by Gasteiger charge is 2.35. The molecule has 1 aliphatic carbocycles. The second-order valence-electron chi connectivity index (χ2n) is 6.84. The molecule has 1 saturated heterocycles. The van der Waals surface area contributed by atoms with E-state index in [1.807, 2.05) is 0 Å². The molecule has 3 rings (SSSR count). The molecule has 2 heterocycles. The van der Waals surface area contributed by atoms with E-state index in [0.717, 1.165) is 18.2 Å². The molecule has 1 aliphatic heterocycles. The smallest absolute Gasteiger partial charge is 0.243 e. The quantitative estimate of drug-likeness (QED) is 0.922. The minimum atomic E-state index is -0.0893. The zero-order valence-electron chi connectivity index (χ0n) is 13.3. The lowest BCUT2D eigenvalue weighted by molar-refractivity contribution is 0.0555. The van der Waals surface area contributed by atoms with E-state index in [0.29, 0.717) is 17.8 Å². The molecule has 5 nitrogen and oxygen atoms in total. The van der Waals surface area contributed by atoms with Crippen LogP contribution in [0.3, 0.4) is 0 Å². The lowest BCUT2D eigenvalue weighted by Crippen LogP contribution is -2.44. The maximum absolute atomic E-state index is 5.51. The van der Waals surface area contributed by atoms with Crippen LogP contribution in [0.5, 0.6) is 0 Å². The van der Waals surface area contributed by atoms with Crippen molar-refractivity contribution in [1.82, 2.24) is 15.5 Å². The molecule has 1 aromatic heterocycles. The van der Waals surface area contributed by atoms with Crippen LogP contribution in [-0.2, 0) is 4.74 Å². The summed E-state index contributed by atoms with van der Waals surface area (Å²) in [6.07, 6.45) is 7.68. The molecular weight excluding hydrogens is 266 g/mol. The van der Waals surface area contributed by atoms with E-state index >= 15 is 0 Å². The van der Waals surface area contributed by atoms with Crippen LogP contribution < -0.4 is 5.32 Å². The number of aromatic nitrogens is 2. The number of fused-ring (bicyclic) bond motifs is 1. The lowest BCUT2D eigenvalue weighted by Gasteiger charge is -2.39. The highest BCUT2D eigenvalue weighted by molar-refractivity contribution is 5.00. The Hall–Kier alpha value is -0.940. The first-order valence-electron chi connectivity index (χ1n) is 8.31. The van der Waals surface area contributed by atoms with Crippen molar-refractivity contribution in [3.8, 4) is 0 Å². The summed E-state index contributed by atoms with van der Waals surface area (Å²) in [5.41, 5.74) is 0. The monoisotopic (exact) mass is 293 g/mol. The van der Waals surface area contributed by atoms with Crippen molar-refractivity contribution in [3.05, 3.63) is 11.7 Å². The molecule has 0 bridgehead atoms. The van der Waals surface area contributed by atoms with Crippen molar-refractivity contribution in [3.63, 3.8) is 0 Å². The van der Waals surface area contributed by atoms with Gasteiger partial charge in [0.05, 0.1) is 6.04 Å². The van der Waals surface area contributed by atoms with Crippen molar-refractivity contribution in [2.24, 2.45) is 11.8 Å². The van der Waals surface area contributed by atoms with E-state index in [1.54, 1.807) is 7.11 Å². The molecule has 21 heavy (non-hydrogen) atoms. The van der Waals surface area contributed by atoms with E-state index < -0.39 is 0 Å². The molecule has 1 aromatic rings. The van der Waals surface area contributed by atoms with E-state index in [2.05, 4.69) is 29.3 Å². The van der Waals surface area contributed by atoms with Crippen molar-refractivity contribution >= 4 is 0 Å². The molecule has 4 atom stereocenters. The predicted octanol–water partition coefficient (Wildman–Crippen LogP) is 3.40. The van der Waals surface area contributed by atoms with Crippen LogP contribution in [0.25, 0.3) is 0 Å². The molecule has 0 amide bonds. The van der Waals surface area contributed by atoms with Gasteiger partial charge in [-0.1, -0.05) is 31.8 Å². The van der Waals surface area contributed by atoms with Gasteiger partial charge in [-0.15, -0.1) is 0 Å². The standard InChI is InChI=1S/C16H27N3O2/c1-10(2)14(20-3)15-18-16(21-19-15)13-9-8-11-6-4-5-7-12(11)17-13/h10-14,17H,4-9H2,1-3H3. The zero-order chi connectivity index (χ0) is 14.8. The Morgan fingerprint density at radius 1 is 1.19 bits per heavy atom. The summed E-state index contributed by atoms with van der Waals surface area (Å²) in [5.74, 6) is 2.59. The first kappa shape index (κ1) is 15.0. The molecule has 118 valence electrons. The van der Waals surface area contributed by atoms with Gasteiger partial charge in [0.1, 0.15) is 6.10 Å². The summed E-state index contributed by atoms with van der Waals surface area (Å²) in [4.78, 5) is 4.60. The molecular formula is C16H27N3O2. The molecule has 1 saturated carbocycles. The van der Waals surface area contributed by atoms with Gasteiger partial charge >= 0.3 is 0 Å². The molecule has 1 N–H and O–H groups in total. The zero-order valence-corrected chi connectivity index (χ0v) is 13.3. The Bertz CT molecular complexity index is 460. The Balaban J connectivity index is 1.68. The van der Waals surface area contributed by atoms with E-state index in [-0.39, 0.29) is 12.1 Å². The van der Waals surface area contributed by atoms with E-state index in [9.17, 15) is 0 Å². The predicted molar refractivity (Wildman–Crippen MR) is 79.7 cm³/mol. The van der Waals surface area contributed by atoms with Crippen LogP contribution in [0.15, 0.2) is 4.52 Å². The minimum absolute atomic E-state index is 0.0893. The number of rotatable bonds is 4. The number of piperidine rings is 1. The highest BCUT2D eigenvalue weighted by Crippen LogP contribution is 2.36. The number of nitrogens with one attached hydrogen (secondary N) is 1.